The van der Waals surface area contributed by atoms with Gasteiger partial charge >= 0.3 is 0 Å². The van der Waals surface area contributed by atoms with Crippen molar-refractivity contribution in [3.05, 3.63) is 115 Å². The summed E-state index contributed by atoms with van der Waals surface area (Å²) in [6.07, 6.45) is 3.07. The zero-order valence-electron chi connectivity index (χ0n) is 20.1. The summed E-state index contributed by atoms with van der Waals surface area (Å²) in [6.45, 7) is 3.52. The minimum absolute atomic E-state index is 0.756. The number of hydrogen-bond acceptors (Lipinski definition) is 3. The Bertz CT molecular complexity index is 1640. The molecule has 0 radical (unpaired) electrons. The topological polar surface area (TPSA) is 47.0 Å². The summed E-state index contributed by atoms with van der Waals surface area (Å²) in [7, 11) is -3.33. The molecule has 35 heavy (non-hydrogen) atoms. The van der Waals surface area contributed by atoms with Gasteiger partial charge in [-0.3, -0.25) is 4.98 Å². The minimum Gasteiger partial charge on any atom is -0.256 e. The first-order valence-electron chi connectivity index (χ1n) is 11.6. The highest BCUT2D eigenvalue weighted by Gasteiger charge is 2.33. The molecule has 0 atom stereocenters. The van der Waals surface area contributed by atoms with Crippen LogP contribution in [0.4, 0.5) is 0 Å². The van der Waals surface area contributed by atoms with Crippen LogP contribution in [0.25, 0.3) is 44.3 Å². The molecular weight excluding hydrogens is 450 g/mol. The lowest BCUT2D eigenvalue weighted by Crippen LogP contribution is -2.28. The zero-order valence-corrected chi connectivity index (χ0v) is 20.9. The van der Waals surface area contributed by atoms with Crippen LogP contribution in [0.5, 0.6) is 0 Å². The minimum atomic E-state index is -3.33. The van der Waals surface area contributed by atoms with Crippen LogP contribution in [0.1, 0.15) is 19.4 Å². The second kappa shape index (κ2) is 8.79. The quantitative estimate of drug-likeness (QED) is 0.263. The van der Waals surface area contributed by atoms with Crippen molar-refractivity contribution in [1.29, 1.82) is 0 Å². The van der Waals surface area contributed by atoms with Crippen molar-refractivity contribution < 1.29 is 8.42 Å². The SMILES string of the molecule is CC(C)(c1cc(-c2cccc(-c3cccc(-c4ccccc4)c3)c2)c2ncccc2c1)S(C)(=O)=O. The van der Waals surface area contributed by atoms with Crippen LogP contribution in [0.3, 0.4) is 0 Å². The standard InChI is InChI=1S/C31H27NO2S/c1-31(2,35(3,33)34)28-20-27-16-9-17-32-30(27)29(21-28)26-15-8-14-25(19-26)24-13-7-12-23(18-24)22-10-5-4-6-11-22/h4-21H,1-3H3. The molecule has 5 rings (SSSR count). The van der Waals surface area contributed by atoms with Gasteiger partial charge in [-0.15, -0.1) is 0 Å². The van der Waals surface area contributed by atoms with Gasteiger partial charge in [0.05, 0.1) is 10.3 Å². The molecule has 0 fully saturated rings. The highest BCUT2D eigenvalue weighted by Crippen LogP contribution is 2.37. The molecule has 0 saturated heterocycles. The lowest BCUT2D eigenvalue weighted by Gasteiger charge is -2.24. The molecule has 0 aliphatic rings. The Labute approximate surface area is 207 Å². The number of aromatic nitrogens is 1. The van der Waals surface area contributed by atoms with Crippen LogP contribution in [0.15, 0.2) is 109 Å². The van der Waals surface area contributed by atoms with Gasteiger partial charge in [0.15, 0.2) is 9.84 Å². The Balaban J connectivity index is 1.66. The third-order valence-electron chi connectivity index (χ3n) is 6.80. The van der Waals surface area contributed by atoms with E-state index in [1.165, 1.54) is 11.8 Å². The number of benzene rings is 4. The van der Waals surface area contributed by atoms with Crippen LogP contribution in [0, 0.1) is 0 Å². The van der Waals surface area contributed by atoms with Gasteiger partial charge in [0.1, 0.15) is 0 Å². The van der Waals surface area contributed by atoms with Crippen LogP contribution < -0.4 is 0 Å². The molecular formula is C31H27NO2S. The summed E-state index contributed by atoms with van der Waals surface area (Å²) in [5.41, 5.74) is 8.10. The second-order valence-corrected chi connectivity index (χ2v) is 12.0. The lowest BCUT2D eigenvalue weighted by atomic mass is 9.92. The molecule has 0 saturated carbocycles. The summed E-state index contributed by atoms with van der Waals surface area (Å²) in [5, 5.41) is 0.924. The highest BCUT2D eigenvalue weighted by atomic mass is 32.2. The number of sulfone groups is 1. The van der Waals surface area contributed by atoms with Crippen molar-refractivity contribution >= 4 is 20.7 Å². The summed E-state index contributed by atoms with van der Waals surface area (Å²) >= 11 is 0. The first-order valence-corrected chi connectivity index (χ1v) is 13.5. The predicted molar refractivity (Wildman–Crippen MR) is 146 cm³/mol. The normalized spacial score (nSPS) is 12.1. The van der Waals surface area contributed by atoms with Gasteiger partial charge in [0.25, 0.3) is 0 Å². The molecule has 4 aromatic carbocycles. The van der Waals surface area contributed by atoms with Crippen molar-refractivity contribution in [3.8, 4) is 33.4 Å². The Kier molecular flexibility index (Phi) is 5.78. The molecule has 0 aliphatic carbocycles. The van der Waals surface area contributed by atoms with E-state index < -0.39 is 14.6 Å². The molecule has 174 valence electrons. The summed E-state index contributed by atoms with van der Waals surface area (Å²) in [6, 6.07) is 35.0. The average Bonchev–Trinajstić information content (AvgIpc) is 2.88. The first-order chi connectivity index (χ1) is 16.7. The van der Waals surface area contributed by atoms with E-state index in [-0.39, 0.29) is 0 Å². The second-order valence-electron chi connectivity index (χ2n) is 9.41. The molecule has 0 spiro atoms. The van der Waals surface area contributed by atoms with Crippen LogP contribution in [0.2, 0.25) is 0 Å². The Morgan fingerprint density at radius 3 is 1.86 bits per heavy atom. The van der Waals surface area contributed by atoms with Crippen molar-refractivity contribution in [2.75, 3.05) is 6.26 Å². The van der Waals surface area contributed by atoms with Gasteiger partial charge < -0.3 is 0 Å². The Morgan fingerprint density at radius 2 is 1.20 bits per heavy atom. The van der Waals surface area contributed by atoms with Crippen LogP contribution in [-0.2, 0) is 14.6 Å². The summed E-state index contributed by atoms with van der Waals surface area (Å²) < 4.78 is 24.2. The molecule has 0 N–H and O–H groups in total. The number of hydrogen-bond donors (Lipinski definition) is 0. The van der Waals surface area contributed by atoms with Crippen molar-refractivity contribution in [2.24, 2.45) is 0 Å². The number of pyridine rings is 1. The van der Waals surface area contributed by atoms with Crippen molar-refractivity contribution in [2.45, 2.75) is 18.6 Å². The van der Waals surface area contributed by atoms with E-state index in [1.54, 1.807) is 20.0 Å². The maximum absolute atomic E-state index is 12.6. The van der Waals surface area contributed by atoms with E-state index in [0.717, 1.165) is 44.3 Å². The predicted octanol–water partition coefficient (Wildman–Crippen LogP) is 7.52. The van der Waals surface area contributed by atoms with Gasteiger partial charge in [-0.1, -0.05) is 72.8 Å². The highest BCUT2D eigenvalue weighted by molar-refractivity contribution is 7.91. The fourth-order valence-corrected chi connectivity index (χ4v) is 4.90. The summed E-state index contributed by atoms with van der Waals surface area (Å²) in [5.74, 6) is 0. The van der Waals surface area contributed by atoms with E-state index in [0.29, 0.717) is 0 Å². The van der Waals surface area contributed by atoms with Gasteiger partial charge in [-0.2, -0.15) is 0 Å². The summed E-state index contributed by atoms with van der Waals surface area (Å²) in [4.78, 5) is 4.65. The molecule has 3 nitrogen and oxygen atoms in total. The third-order valence-corrected chi connectivity index (χ3v) is 8.89. The number of rotatable bonds is 5. The van der Waals surface area contributed by atoms with Gasteiger partial charge in [0.2, 0.25) is 0 Å². The van der Waals surface area contributed by atoms with Gasteiger partial charge in [-0.05, 0) is 77.6 Å². The Morgan fingerprint density at radius 1 is 0.629 bits per heavy atom. The maximum Gasteiger partial charge on any atom is 0.156 e. The molecule has 4 heteroatoms. The Hall–Kier alpha value is -3.76. The monoisotopic (exact) mass is 477 g/mol. The molecule has 5 aromatic rings. The fraction of sp³-hybridized carbons (Fsp3) is 0.129. The molecule has 0 aliphatic heterocycles. The zero-order chi connectivity index (χ0) is 24.6. The van der Waals surface area contributed by atoms with E-state index in [1.807, 2.05) is 48.5 Å². The van der Waals surface area contributed by atoms with Crippen molar-refractivity contribution in [1.82, 2.24) is 4.98 Å². The molecule has 0 amide bonds. The largest absolute Gasteiger partial charge is 0.256 e. The van der Waals surface area contributed by atoms with Crippen LogP contribution >= 0.6 is 0 Å². The van der Waals surface area contributed by atoms with Crippen molar-refractivity contribution in [3.63, 3.8) is 0 Å². The van der Waals surface area contributed by atoms with E-state index >= 15 is 0 Å². The lowest BCUT2D eigenvalue weighted by molar-refractivity contribution is 0.561. The number of fused-ring (bicyclic) bond motifs is 1. The van der Waals surface area contributed by atoms with Gasteiger partial charge in [0, 0.05) is 23.4 Å². The fourth-order valence-electron chi connectivity index (χ4n) is 4.35. The smallest absolute Gasteiger partial charge is 0.156 e. The number of nitrogens with zero attached hydrogens (tertiary/aromatic N) is 1. The van der Waals surface area contributed by atoms with E-state index in [9.17, 15) is 8.42 Å². The van der Waals surface area contributed by atoms with Crippen LogP contribution in [-0.4, -0.2) is 19.7 Å². The van der Waals surface area contributed by atoms with Gasteiger partial charge in [-0.25, -0.2) is 8.42 Å². The third kappa shape index (κ3) is 4.38. The maximum atomic E-state index is 12.6. The first kappa shape index (κ1) is 23.0. The van der Waals surface area contributed by atoms with E-state index in [2.05, 4.69) is 59.6 Å². The van der Waals surface area contributed by atoms with E-state index in [4.69, 9.17) is 0 Å². The molecule has 0 unspecified atom stereocenters. The molecule has 1 aromatic heterocycles. The molecule has 1 heterocycles. The molecule has 0 bridgehead atoms. The average molecular weight is 478 g/mol.